The lowest BCUT2D eigenvalue weighted by Gasteiger charge is -2.29. The first kappa shape index (κ1) is 23.8. The average molecular weight is 399 g/mol. The summed E-state index contributed by atoms with van der Waals surface area (Å²) in [5, 5.41) is 15.3. The molecule has 1 heterocycles. The highest BCUT2D eigenvalue weighted by atomic mass is 16.6. The van der Waals surface area contributed by atoms with Crippen LogP contribution < -0.4 is 10.6 Å². The number of carbonyl (C=O) groups excluding carboxylic acids is 2. The second-order valence-corrected chi connectivity index (χ2v) is 7.65. The number of carbonyl (C=O) groups is 2. The third kappa shape index (κ3) is 10.8. The van der Waals surface area contributed by atoms with E-state index in [-0.39, 0.29) is 25.7 Å². The lowest BCUT2D eigenvalue weighted by atomic mass is 10.1. The van der Waals surface area contributed by atoms with Crippen molar-refractivity contribution in [3.8, 4) is 0 Å². The highest BCUT2D eigenvalue weighted by Crippen LogP contribution is 2.17. The molecule has 2 amide bonds. The van der Waals surface area contributed by atoms with Gasteiger partial charge in [-0.15, -0.1) is 0 Å². The molecule has 0 atom stereocenters. The molecule has 0 bridgehead atoms. The zero-order chi connectivity index (χ0) is 21.0. The Kier molecular flexibility index (Phi) is 9.88. The van der Waals surface area contributed by atoms with Gasteiger partial charge in [-0.3, -0.25) is 4.79 Å². The van der Waals surface area contributed by atoms with Crippen LogP contribution in [0, 0.1) is 0 Å². The summed E-state index contributed by atoms with van der Waals surface area (Å²) in [6.07, 6.45) is 2.42. The highest BCUT2D eigenvalue weighted by molar-refractivity contribution is 5.77. The summed E-state index contributed by atoms with van der Waals surface area (Å²) in [6.45, 7) is 11.0. The molecule has 0 aromatic carbocycles. The van der Waals surface area contributed by atoms with Gasteiger partial charge in [-0.25, -0.2) is 4.79 Å². The predicted octanol–water partition coefficient (Wildman–Crippen LogP) is 1.54. The molecule has 0 saturated carbocycles. The van der Waals surface area contributed by atoms with Crippen molar-refractivity contribution in [1.82, 2.24) is 26.0 Å². The molecule has 0 radical (unpaired) electrons. The molecular weight excluding hydrogens is 366 g/mol. The molecule has 28 heavy (non-hydrogen) atoms. The van der Waals surface area contributed by atoms with Crippen LogP contribution >= 0.6 is 0 Å². The Labute approximate surface area is 166 Å². The zero-order valence-corrected chi connectivity index (χ0v) is 17.5. The molecular formula is C18H33N5O5. The minimum atomic E-state index is -0.582. The summed E-state index contributed by atoms with van der Waals surface area (Å²) in [4.78, 5) is 23.4. The molecule has 10 heteroatoms. The SMILES string of the molecule is CCCNC(=O)COC(C)(C)CCOC(C)(C)CNC(=O)OCc1cn[nH]n1. The van der Waals surface area contributed by atoms with E-state index < -0.39 is 17.3 Å². The first-order valence-corrected chi connectivity index (χ1v) is 9.43. The van der Waals surface area contributed by atoms with Crippen LogP contribution in [0.25, 0.3) is 0 Å². The van der Waals surface area contributed by atoms with Crippen molar-refractivity contribution in [3.05, 3.63) is 11.9 Å². The minimum absolute atomic E-state index is 0.0231. The second kappa shape index (κ2) is 11.6. The van der Waals surface area contributed by atoms with E-state index in [1.54, 1.807) is 0 Å². The Balaban J connectivity index is 2.22. The average Bonchev–Trinajstić information content (AvgIpc) is 3.14. The summed E-state index contributed by atoms with van der Waals surface area (Å²) >= 11 is 0. The minimum Gasteiger partial charge on any atom is -0.443 e. The van der Waals surface area contributed by atoms with Gasteiger partial charge in [0.05, 0.1) is 24.0 Å². The summed E-state index contributed by atoms with van der Waals surface area (Å²) < 4.78 is 16.6. The van der Waals surface area contributed by atoms with Gasteiger partial charge < -0.3 is 24.8 Å². The summed E-state index contributed by atoms with van der Waals surface area (Å²) in [7, 11) is 0. The molecule has 0 aliphatic heterocycles. The number of rotatable bonds is 13. The molecule has 1 aromatic heterocycles. The lowest BCUT2D eigenvalue weighted by Crippen LogP contribution is -2.42. The van der Waals surface area contributed by atoms with Crippen molar-refractivity contribution in [1.29, 1.82) is 0 Å². The Morgan fingerprint density at radius 3 is 2.54 bits per heavy atom. The molecule has 0 saturated heterocycles. The number of hydrogen-bond acceptors (Lipinski definition) is 7. The van der Waals surface area contributed by atoms with E-state index in [9.17, 15) is 9.59 Å². The number of H-pyrrole nitrogens is 1. The molecule has 1 rings (SSSR count). The number of alkyl carbamates (subject to hydrolysis) is 1. The smallest absolute Gasteiger partial charge is 0.407 e. The number of ether oxygens (including phenoxy) is 3. The monoisotopic (exact) mass is 399 g/mol. The maximum atomic E-state index is 11.7. The van der Waals surface area contributed by atoms with Crippen molar-refractivity contribution in [2.75, 3.05) is 26.3 Å². The van der Waals surface area contributed by atoms with E-state index in [0.717, 1.165) is 6.42 Å². The van der Waals surface area contributed by atoms with Crippen LogP contribution in [0.15, 0.2) is 6.20 Å². The van der Waals surface area contributed by atoms with E-state index in [0.29, 0.717) is 25.3 Å². The summed E-state index contributed by atoms with van der Waals surface area (Å²) in [5.74, 6) is -0.121. The third-order valence-corrected chi connectivity index (χ3v) is 3.84. The van der Waals surface area contributed by atoms with Gasteiger partial charge in [-0.1, -0.05) is 6.92 Å². The predicted molar refractivity (Wildman–Crippen MR) is 103 cm³/mol. The maximum absolute atomic E-state index is 11.7. The molecule has 3 N–H and O–H groups in total. The largest absolute Gasteiger partial charge is 0.443 e. The van der Waals surface area contributed by atoms with Gasteiger partial charge in [0.15, 0.2) is 0 Å². The van der Waals surface area contributed by atoms with E-state index in [4.69, 9.17) is 14.2 Å². The maximum Gasteiger partial charge on any atom is 0.407 e. The van der Waals surface area contributed by atoms with E-state index >= 15 is 0 Å². The van der Waals surface area contributed by atoms with Gasteiger partial charge in [0.1, 0.15) is 18.9 Å². The van der Waals surface area contributed by atoms with Crippen molar-refractivity contribution >= 4 is 12.0 Å². The Bertz CT molecular complexity index is 589. The Morgan fingerprint density at radius 2 is 1.89 bits per heavy atom. The molecule has 0 aliphatic rings. The number of hydrogen-bond donors (Lipinski definition) is 3. The molecule has 0 fully saturated rings. The van der Waals surface area contributed by atoms with Gasteiger partial charge >= 0.3 is 6.09 Å². The van der Waals surface area contributed by atoms with Crippen molar-refractivity contribution < 1.29 is 23.8 Å². The fourth-order valence-electron chi connectivity index (χ4n) is 2.04. The number of amides is 2. The number of aromatic nitrogens is 3. The third-order valence-electron chi connectivity index (χ3n) is 3.84. The molecule has 10 nitrogen and oxygen atoms in total. The summed E-state index contributed by atoms with van der Waals surface area (Å²) in [5.41, 5.74) is -0.540. The van der Waals surface area contributed by atoms with Gasteiger partial charge in [-0.05, 0) is 40.5 Å². The number of nitrogens with zero attached hydrogens (tertiary/aromatic N) is 2. The standard InChI is InChI=1S/C18H33N5O5/c1-6-8-19-15(24)12-28-17(2,3)7-9-27-18(4,5)13-20-16(25)26-11-14-10-21-23-22-14/h10H,6-9,11-13H2,1-5H3,(H,19,24)(H,20,25)(H,21,22,23). The van der Waals surface area contributed by atoms with Crippen LogP contribution in [0.4, 0.5) is 4.79 Å². The quantitative estimate of drug-likeness (QED) is 0.459. The Morgan fingerprint density at radius 1 is 1.14 bits per heavy atom. The van der Waals surface area contributed by atoms with Crippen LogP contribution in [0.2, 0.25) is 0 Å². The first-order chi connectivity index (χ1) is 13.1. The van der Waals surface area contributed by atoms with E-state index in [1.165, 1.54) is 6.20 Å². The summed E-state index contributed by atoms with van der Waals surface area (Å²) in [6, 6.07) is 0. The van der Waals surface area contributed by atoms with Crippen LogP contribution in [-0.4, -0.2) is 64.9 Å². The van der Waals surface area contributed by atoms with Crippen molar-refractivity contribution in [3.63, 3.8) is 0 Å². The second-order valence-electron chi connectivity index (χ2n) is 7.65. The number of aromatic amines is 1. The fraction of sp³-hybridized carbons (Fsp3) is 0.778. The number of nitrogens with one attached hydrogen (secondary N) is 3. The van der Waals surface area contributed by atoms with Crippen LogP contribution in [-0.2, 0) is 25.6 Å². The van der Waals surface area contributed by atoms with Gasteiger partial charge in [-0.2, -0.15) is 15.4 Å². The van der Waals surface area contributed by atoms with Gasteiger partial charge in [0, 0.05) is 13.1 Å². The normalized spacial score (nSPS) is 11.9. The zero-order valence-electron chi connectivity index (χ0n) is 17.5. The molecule has 0 unspecified atom stereocenters. The van der Waals surface area contributed by atoms with Crippen molar-refractivity contribution in [2.24, 2.45) is 0 Å². The Hall–Kier alpha value is -2.20. The lowest BCUT2D eigenvalue weighted by molar-refractivity contribution is -0.133. The van der Waals surface area contributed by atoms with Crippen LogP contribution in [0.5, 0.6) is 0 Å². The topological polar surface area (TPSA) is 127 Å². The first-order valence-electron chi connectivity index (χ1n) is 9.43. The molecule has 160 valence electrons. The van der Waals surface area contributed by atoms with Gasteiger partial charge in [0.25, 0.3) is 0 Å². The van der Waals surface area contributed by atoms with Crippen molar-refractivity contribution in [2.45, 2.75) is 65.3 Å². The molecule has 0 aliphatic carbocycles. The van der Waals surface area contributed by atoms with E-state index in [1.807, 2.05) is 34.6 Å². The van der Waals surface area contributed by atoms with Crippen LogP contribution in [0.1, 0.15) is 53.2 Å². The highest BCUT2D eigenvalue weighted by Gasteiger charge is 2.24. The van der Waals surface area contributed by atoms with Gasteiger partial charge in [0.2, 0.25) is 5.91 Å². The molecule has 1 aromatic rings. The van der Waals surface area contributed by atoms with E-state index in [2.05, 4.69) is 26.0 Å². The molecule has 0 spiro atoms. The van der Waals surface area contributed by atoms with Crippen LogP contribution in [0.3, 0.4) is 0 Å². The fourth-order valence-corrected chi connectivity index (χ4v) is 2.04.